The molecule has 3 nitrogen and oxygen atoms in total. The van der Waals surface area contributed by atoms with Crippen LogP contribution in [0.25, 0.3) is 27.3 Å². The summed E-state index contributed by atoms with van der Waals surface area (Å²) in [6, 6.07) is 31.4. The van der Waals surface area contributed by atoms with Crippen molar-refractivity contribution in [2.75, 3.05) is 0 Å². The molecule has 0 fully saturated rings. The van der Waals surface area contributed by atoms with Crippen LogP contribution in [-0.4, -0.2) is 12.9 Å². The molecule has 0 saturated carbocycles. The first kappa shape index (κ1) is 21.0. The largest absolute Gasteiger partial charge is 0.525 e. The fourth-order valence-electron chi connectivity index (χ4n) is 6.92. The molecule has 0 spiro atoms. The summed E-state index contributed by atoms with van der Waals surface area (Å²) in [6.07, 6.45) is 0. The van der Waals surface area contributed by atoms with E-state index in [4.69, 9.17) is 8.54 Å². The molecule has 2 aromatic heterocycles. The molecule has 0 atom stereocenters. The van der Waals surface area contributed by atoms with Gasteiger partial charge in [0.15, 0.2) is 16.6 Å². The first-order valence-corrected chi connectivity index (χ1v) is 15.8. The molecule has 3 heterocycles. The Bertz CT molecular complexity index is 1970. The Morgan fingerprint density at radius 3 is 2.05 bits per heavy atom. The van der Waals surface area contributed by atoms with Crippen LogP contribution in [0.15, 0.2) is 91.0 Å². The summed E-state index contributed by atoms with van der Waals surface area (Å²) in [7, 11) is -3.12. The lowest BCUT2D eigenvalue weighted by molar-refractivity contribution is -0.462. The predicted molar refractivity (Wildman–Crippen MR) is 165 cm³/mol. The number of imidazole rings is 1. The van der Waals surface area contributed by atoms with E-state index in [9.17, 15) is 0 Å². The smallest absolute Gasteiger partial charge is 0.393 e. The Balaban J connectivity index is 1.85. The quantitative estimate of drug-likeness (QED) is 0.150. The standard InChI is InChI=1S/C35H35N2OSi/c1-22(2)28-18-13-19-29-31-24(5)20-21-30-33(31)37-34(32(28)29)36(23(3)4)25(6)35(37)39(38-30,26-14-9-7-10-15-26)27-16-11-8-12-17-27/h7-23H,1-6H3/q+1/i5D3. The molecule has 0 aliphatic carbocycles. The van der Waals surface area contributed by atoms with E-state index < -0.39 is 15.2 Å². The van der Waals surface area contributed by atoms with E-state index in [1.54, 1.807) is 6.07 Å². The Morgan fingerprint density at radius 1 is 0.795 bits per heavy atom. The molecule has 0 radical (unpaired) electrons. The van der Waals surface area contributed by atoms with Crippen molar-refractivity contribution in [2.24, 2.45) is 0 Å². The van der Waals surface area contributed by atoms with Gasteiger partial charge in [0.1, 0.15) is 5.69 Å². The van der Waals surface area contributed by atoms with Crippen LogP contribution in [0.4, 0.5) is 0 Å². The third-order valence-electron chi connectivity index (χ3n) is 8.42. The van der Waals surface area contributed by atoms with Crippen LogP contribution in [0.1, 0.15) is 60.6 Å². The van der Waals surface area contributed by atoms with Gasteiger partial charge in [-0.05, 0) is 54.2 Å². The van der Waals surface area contributed by atoms with Crippen molar-refractivity contribution in [3.8, 4) is 5.75 Å². The van der Waals surface area contributed by atoms with Crippen LogP contribution in [0.2, 0.25) is 0 Å². The zero-order valence-corrected chi connectivity index (χ0v) is 24.1. The maximum absolute atomic E-state index is 8.57. The average Bonchev–Trinajstić information content (AvgIpc) is 3.30. The van der Waals surface area contributed by atoms with Crippen LogP contribution < -0.4 is 24.5 Å². The monoisotopic (exact) mass is 530 g/mol. The number of hydrogen-bond donors (Lipinski definition) is 0. The second-order valence-corrected chi connectivity index (χ2v) is 14.5. The van der Waals surface area contributed by atoms with E-state index in [1.807, 2.05) is 18.2 Å². The highest BCUT2D eigenvalue weighted by atomic mass is 28.4. The molecule has 0 unspecified atom stereocenters. The Hall–Kier alpha value is -3.89. The lowest BCUT2D eigenvalue weighted by Crippen LogP contribution is -2.78. The number of nitrogens with zero attached hydrogens (tertiary/aromatic N) is 2. The zero-order valence-electron chi connectivity index (χ0n) is 26.1. The topological polar surface area (TPSA) is 18.3 Å². The van der Waals surface area contributed by atoms with Crippen LogP contribution >= 0.6 is 0 Å². The summed E-state index contributed by atoms with van der Waals surface area (Å²) in [5.41, 5.74) is 4.69. The van der Waals surface area contributed by atoms with Gasteiger partial charge in [-0.1, -0.05) is 98.8 Å². The molecular formula is C35H35N2OSi+. The van der Waals surface area contributed by atoms with Crippen molar-refractivity contribution in [1.29, 1.82) is 0 Å². The highest BCUT2D eigenvalue weighted by Crippen LogP contribution is 2.40. The third kappa shape index (κ3) is 3.12. The summed E-state index contributed by atoms with van der Waals surface area (Å²) in [5, 5.41) is 6.30. The molecule has 4 heteroatoms. The van der Waals surface area contributed by atoms with E-state index in [1.165, 1.54) is 5.56 Å². The van der Waals surface area contributed by atoms with Gasteiger partial charge >= 0.3 is 8.32 Å². The van der Waals surface area contributed by atoms with Gasteiger partial charge in [-0.3, -0.25) is 0 Å². The molecule has 39 heavy (non-hydrogen) atoms. The van der Waals surface area contributed by atoms with Crippen molar-refractivity contribution in [1.82, 2.24) is 4.57 Å². The molecule has 194 valence electrons. The predicted octanol–water partition coefficient (Wildman–Crippen LogP) is 6.21. The Labute approximate surface area is 235 Å². The minimum atomic E-state index is -3.12. The van der Waals surface area contributed by atoms with Gasteiger partial charge in [0.2, 0.25) is 0 Å². The van der Waals surface area contributed by atoms with E-state index in [0.717, 1.165) is 54.5 Å². The highest BCUT2D eigenvalue weighted by Gasteiger charge is 2.56. The SMILES string of the molecule is [2H]C([2H])([2H])c1ccc2c3c1c1cccc(C(C)C)c1c1n(C(C)C)c(C)c([n+]31)[Si](c1ccccc1)(c1ccccc1)O2. The van der Waals surface area contributed by atoms with E-state index >= 15 is 0 Å². The summed E-state index contributed by atoms with van der Waals surface area (Å²) < 4.78 is 38.0. The molecule has 0 N–H and O–H groups in total. The minimum absolute atomic E-state index is 0.167. The normalized spacial score (nSPS) is 15.7. The fourth-order valence-corrected chi connectivity index (χ4v) is 11.1. The molecule has 0 saturated heterocycles. The number of rotatable bonds is 4. The number of benzene rings is 4. The van der Waals surface area contributed by atoms with Crippen molar-refractivity contribution in [3.63, 3.8) is 0 Å². The van der Waals surface area contributed by atoms with E-state index in [-0.39, 0.29) is 12.0 Å². The molecule has 1 aliphatic rings. The average molecular weight is 531 g/mol. The summed E-state index contributed by atoms with van der Waals surface area (Å²) in [4.78, 5) is 0. The molecular weight excluding hydrogens is 492 g/mol. The number of aromatic nitrogens is 2. The molecule has 1 aliphatic heterocycles. The summed E-state index contributed by atoms with van der Waals surface area (Å²) in [5.74, 6) is 0.982. The van der Waals surface area contributed by atoms with E-state index in [0.29, 0.717) is 5.56 Å². The summed E-state index contributed by atoms with van der Waals surface area (Å²) in [6.45, 7) is 8.83. The number of pyridine rings is 1. The van der Waals surface area contributed by atoms with Gasteiger partial charge < -0.3 is 4.43 Å². The minimum Gasteiger partial charge on any atom is -0.525 e. The number of hydrogen-bond acceptors (Lipinski definition) is 1. The molecule has 6 aromatic rings. The van der Waals surface area contributed by atoms with E-state index in [2.05, 4.69) is 110 Å². The van der Waals surface area contributed by atoms with Gasteiger partial charge in [0.05, 0.1) is 11.4 Å². The fraction of sp³-hybridized carbons (Fsp3) is 0.229. The van der Waals surface area contributed by atoms with Crippen molar-refractivity contribution >= 4 is 51.3 Å². The van der Waals surface area contributed by atoms with Crippen LogP contribution in [0.3, 0.4) is 0 Å². The zero-order chi connectivity index (χ0) is 29.6. The van der Waals surface area contributed by atoms with Gasteiger partial charge in [-0.2, -0.15) is 4.40 Å². The summed E-state index contributed by atoms with van der Waals surface area (Å²) >= 11 is 0. The molecule has 7 rings (SSSR count). The van der Waals surface area contributed by atoms with Crippen molar-refractivity contribution in [2.45, 2.75) is 53.4 Å². The Kier molecular flexibility index (Phi) is 4.60. The van der Waals surface area contributed by atoms with Gasteiger partial charge in [-0.15, -0.1) is 0 Å². The lowest BCUT2D eigenvalue weighted by Gasteiger charge is -2.34. The lowest BCUT2D eigenvalue weighted by atomic mass is 9.93. The van der Waals surface area contributed by atoms with Gasteiger partial charge in [0, 0.05) is 21.8 Å². The van der Waals surface area contributed by atoms with Gasteiger partial charge in [-0.25, -0.2) is 4.57 Å². The van der Waals surface area contributed by atoms with Gasteiger partial charge in [0.25, 0.3) is 5.65 Å². The maximum Gasteiger partial charge on any atom is 0.393 e. The number of fused-ring (bicyclic) bond motifs is 3. The molecule has 0 amide bonds. The first-order valence-electron chi connectivity index (χ1n) is 15.4. The Morgan fingerprint density at radius 2 is 1.46 bits per heavy atom. The first-order chi connectivity index (χ1) is 20.1. The van der Waals surface area contributed by atoms with Crippen LogP contribution in [-0.2, 0) is 0 Å². The second-order valence-electron chi connectivity index (χ2n) is 11.3. The highest BCUT2D eigenvalue weighted by molar-refractivity contribution is 7.07. The van der Waals surface area contributed by atoms with Crippen LogP contribution in [0, 0.1) is 13.8 Å². The molecule has 0 bridgehead atoms. The van der Waals surface area contributed by atoms with Crippen LogP contribution in [0.5, 0.6) is 5.75 Å². The molecule has 4 aromatic carbocycles. The number of aryl methyl sites for hydroxylation is 1. The van der Waals surface area contributed by atoms with Crippen molar-refractivity contribution in [3.05, 3.63) is 108 Å². The second kappa shape index (κ2) is 8.55. The van der Waals surface area contributed by atoms with Crippen molar-refractivity contribution < 1.29 is 12.9 Å². The maximum atomic E-state index is 8.57. The third-order valence-corrected chi connectivity index (χ3v) is 12.5.